The highest BCUT2D eigenvalue weighted by molar-refractivity contribution is 7.53. The van der Waals surface area contributed by atoms with Crippen LogP contribution in [0.1, 0.15) is 48.3 Å². The Labute approximate surface area is 195 Å². The van der Waals surface area contributed by atoms with Crippen molar-refractivity contribution in [1.82, 2.24) is 9.97 Å². The van der Waals surface area contributed by atoms with Gasteiger partial charge in [-0.05, 0) is 30.0 Å². The summed E-state index contributed by atoms with van der Waals surface area (Å²) in [6.45, 7) is 3.76. The van der Waals surface area contributed by atoms with E-state index >= 15 is 0 Å². The molecule has 3 aromatic carbocycles. The number of rotatable bonds is 9. The van der Waals surface area contributed by atoms with Crippen LogP contribution in [0.5, 0.6) is 0 Å². The molecule has 0 saturated carbocycles. The lowest BCUT2D eigenvalue weighted by molar-refractivity contribution is 0.175. The summed E-state index contributed by atoms with van der Waals surface area (Å²) in [5.74, 6) is 0. The Morgan fingerprint density at radius 3 is 1.73 bits per heavy atom. The molecule has 170 valence electrons. The van der Waals surface area contributed by atoms with Gasteiger partial charge in [-0.2, -0.15) is 0 Å². The highest BCUT2D eigenvalue weighted by atomic mass is 31.2. The lowest BCUT2D eigenvalue weighted by atomic mass is 9.66. The van der Waals surface area contributed by atoms with Crippen molar-refractivity contribution >= 4 is 7.60 Å². The van der Waals surface area contributed by atoms with E-state index in [9.17, 15) is 9.46 Å². The second kappa shape index (κ2) is 9.88. The molecule has 0 aliphatic carbocycles. The van der Waals surface area contributed by atoms with Crippen LogP contribution in [0, 0.1) is 0 Å². The summed E-state index contributed by atoms with van der Waals surface area (Å²) < 4.78 is 20.1. The van der Waals surface area contributed by atoms with Crippen molar-refractivity contribution in [1.29, 1.82) is 0 Å². The largest absolute Gasteiger partial charge is 0.348 e. The second-order valence-corrected chi connectivity index (χ2v) is 10.1. The lowest BCUT2D eigenvalue weighted by Gasteiger charge is -2.43. The van der Waals surface area contributed by atoms with Crippen LogP contribution in [-0.2, 0) is 14.5 Å². The number of nitrogens with zero attached hydrogens (tertiary/aromatic N) is 1. The molecule has 4 rings (SSSR count). The number of aromatic amines is 1. The predicted octanol–water partition coefficient (Wildman–Crippen LogP) is 6.49. The van der Waals surface area contributed by atoms with E-state index in [0.717, 1.165) is 16.7 Å². The molecular formula is C27H29N2O3P. The van der Waals surface area contributed by atoms with E-state index in [-0.39, 0.29) is 6.10 Å². The molecule has 0 amide bonds. The molecule has 0 spiro atoms. The number of nitrogens with one attached hydrogen (secondary N) is 1. The molecule has 1 aromatic heterocycles. The van der Waals surface area contributed by atoms with Gasteiger partial charge in [-0.25, -0.2) is 4.98 Å². The fraction of sp³-hybridized carbons (Fsp3) is 0.222. The van der Waals surface area contributed by atoms with Crippen molar-refractivity contribution in [2.75, 3.05) is 0 Å². The van der Waals surface area contributed by atoms with Crippen molar-refractivity contribution in [3.8, 4) is 0 Å². The van der Waals surface area contributed by atoms with E-state index in [4.69, 9.17) is 4.52 Å². The van der Waals surface area contributed by atoms with Gasteiger partial charge >= 0.3 is 7.60 Å². The number of hydrogen-bond donors (Lipinski definition) is 2. The Kier molecular flexibility index (Phi) is 6.94. The van der Waals surface area contributed by atoms with Crippen LogP contribution in [0.2, 0.25) is 0 Å². The van der Waals surface area contributed by atoms with E-state index in [0.29, 0.717) is 12.1 Å². The van der Waals surface area contributed by atoms with E-state index in [1.54, 1.807) is 6.20 Å². The molecule has 0 aliphatic rings. The van der Waals surface area contributed by atoms with Gasteiger partial charge in [0.1, 0.15) is 5.66 Å². The van der Waals surface area contributed by atoms with Crippen LogP contribution in [0.3, 0.4) is 0 Å². The smallest absolute Gasteiger partial charge is 0.338 e. The fourth-order valence-electron chi connectivity index (χ4n) is 4.54. The van der Waals surface area contributed by atoms with Gasteiger partial charge in [-0.3, -0.25) is 4.57 Å². The zero-order chi connectivity index (χ0) is 23.3. The summed E-state index contributed by atoms with van der Waals surface area (Å²) in [7, 11) is -4.25. The first kappa shape index (κ1) is 23.2. The van der Waals surface area contributed by atoms with Crippen LogP contribution in [0.25, 0.3) is 0 Å². The number of H-pyrrole nitrogens is 1. The summed E-state index contributed by atoms with van der Waals surface area (Å²) in [5, 5.41) is 0. The Bertz CT molecular complexity index is 1090. The summed E-state index contributed by atoms with van der Waals surface area (Å²) in [6, 6.07) is 29.6. The van der Waals surface area contributed by atoms with Crippen LogP contribution in [-0.4, -0.2) is 21.0 Å². The van der Waals surface area contributed by atoms with Crippen molar-refractivity contribution < 1.29 is 14.0 Å². The number of benzene rings is 3. The molecule has 0 saturated heterocycles. The molecule has 2 N–H and O–H groups in total. The van der Waals surface area contributed by atoms with Crippen molar-refractivity contribution in [2.45, 2.75) is 37.4 Å². The number of hydrogen-bond acceptors (Lipinski definition) is 3. The molecule has 3 atom stereocenters. The lowest BCUT2D eigenvalue weighted by Crippen LogP contribution is -2.37. The highest BCUT2D eigenvalue weighted by Crippen LogP contribution is 2.68. The van der Waals surface area contributed by atoms with Crippen LogP contribution < -0.4 is 0 Å². The normalized spacial score (nSPS) is 15.5. The molecule has 3 unspecified atom stereocenters. The molecule has 33 heavy (non-hydrogen) atoms. The zero-order valence-corrected chi connectivity index (χ0v) is 19.7. The van der Waals surface area contributed by atoms with Gasteiger partial charge in [0.2, 0.25) is 0 Å². The van der Waals surface area contributed by atoms with Gasteiger partial charge < -0.3 is 14.4 Å². The van der Waals surface area contributed by atoms with Crippen LogP contribution in [0.4, 0.5) is 0 Å². The Balaban J connectivity index is 2.13. The Morgan fingerprint density at radius 1 is 0.909 bits per heavy atom. The molecular weight excluding hydrogens is 431 g/mol. The minimum absolute atomic E-state index is 0.383. The van der Waals surface area contributed by atoms with Crippen molar-refractivity contribution in [2.24, 2.45) is 0 Å². The monoisotopic (exact) mass is 460 g/mol. The Morgan fingerprint density at radius 2 is 1.36 bits per heavy atom. The molecule has 0 radical (unpaired) electrons. The van der Waals surface area contributed by atoms with Crippen molar-refractivity contribution in [3.63, 3.8) is 0 Å². The summed E-state index contributed by atoms with van der Waals surface area (Å²) >= 11 is 0. The molecule has 0 bridgehead atoms. The first-order valence-electron chi connectivity index (χ1n) is 11.2. The average Bonchev–Trinajstić information content (AvgIpc) is 3.37. The summed E-state index contributed by atoms with van der Waals surface area (Å²) in [6.07, 6.45) is 3.40. The molecule has 1 heterocycles. The summed E-state index contributed by atoms with van der Waals surface area (Å²) in [4.78, 5) is 19.0. The average molecular weight is 461 g/mol. The predicted molar refractivity (Wildman–Crippen MR) is 131 cm³/mol. The second-order valence-electron chi connectivity index (χ2n) is 8.20. The molecule has 4 aromatic rings. The van der Waals surface area contributed by atoms with E-state index in [2.05, 4.69) is 9.97 Å². The van der Waals surface area contributed by atoms with Gasteiger partial charge in [0.25, 0.3) is 0 Å². The van der Waals surface area contributed by atoms with Crippen LogP contribution in [0.15, 0.2) is 104 Å². The standard InChI is InChI=1S/C27H29N2O3P/c1-3-21(2)32-33(30,31)26(25-19-28-20-29-25)27(22-13-7-4-8-14-22,23-15-9-5-10-16-23)24-17-11-6-12-18-24/h4-21,26H,3H2,1-2H3,(H,28,29)(H,30,31). The quantitative estimate of drug-likeness (QED) is 0.221. The van der Waals surface area contributed by atoms with Gasteiger partial charge in [0.05, 0.1) is 23.5 Å². The van der Waals surface area contributed by atoms with Gasteiger partial charge in [-0.15, -0.1) is 0 Å². The van der Waals surface area contributed by atoms with Crippen LogP contribution >= 0.6 is 7.60 Å². The number of imidazole rings is 1. The van der Waals surface area contributed by atoms with E-state index in [1.165, 1.54) is 6.33 Å². The third-order valence-corrected chi connectivity index (χ3v) is 8.12. The zero-order valence-electron chi connectivity index (χ0n) is 18.8. The van der Waals surface area contributed by atoms with Crippen molar-refractivity contribution in [3.05, 3.63) is 126 Å². The SMILES string of the molecule is CCC(C)OP(=O)(O)C(c1cnc[nH]1)C(c1ccccc1)(c1ccccc1)c1ccccc1. The van der Waals surface area contributed by atoms with Gasteiger partial charge in [0, 0.05) is 6.20 Å². The third-order valence-electron chi connectivity index (χ3n) is 6.14. The molecule has 5 nitrogen and oxygen atoms in total. The molecule has 6 heteroatoms. The molecule has 0 aliphatic heterocycles. The maximum atomic E-state index is 14.2. The first-order chi connectivity index (χ1) is 16.0. The fourth-order valence-corrected chi connectivity index (χ4v) is 6.76. The minimum atomic E-state index is -4.25. The number of aromatic nitrogens is 2. The Hall–Kier alpha value is -2.98. The summed E-state index contributed by atoms with van der Waals surface area (Å²) in [5.41, 5.74) is 1.24. The third kappa shape index (κ3) is 4.45. The highest BCUT2D eigenvalue weighted by Gasteiger charge is 2.54. The first-order valence-corrected chi connectivity index (χ1v) is 12.8. The topological polar surface area (TPSA) is 75.2 Å². The maximum Gasteiger partial charge on any atom is 0.338 e. The van der Waals surface area contributed by atoms with E-state index in [1.807, 2.05) is 105 Å². The maximum absolute atomic E-state index is 14.2. The van der Waals surface area contributed by atoms with E-state index < -0.39 is 18.7 Å². The van der Waals surface area contributed by atoms with Gasteiger partial charge in [-0.1, -0.05) is 97.9 Å². The van der Waals surface area contributed by atoms with Gasteiger partial charge in [0.15, 0.2) is 0 Å². The minimum Gasteiger partial charge on any atom is -0.348 e. The molecule has 0 fully saturated rings.